The van der Waals surface area contributed by atoms with Gasteiger partial charge in [0.25, 0.3) is 0 Å². The van der Waals surface area contributed by atoms with Crippen LogP contribution in [0.15, 0.2) is 60.7 Å². The smallest absolute Gasteiger partial charge is 0.188 e. The number of carbonyl (C=O) groups excluding carboxylic acids is 1. The molecule has 0 spiro atoms. The van der Waals surface area contributed by atoms with Crippen LogP contribution in [-0.2, 0) is 17.9 Å². The molecule has 2 saturated heterocycles. The van der Waals surface area contributed by atoms with E-state index in [1.54, 1.807) is 0 Å². The zero-order chi connectivity index (χ0) is 21.5. The maximum atomic E-state index is 11.8. The minimum absolute atomic E-state index is 0.361. The highest BCUT2D eigenvalue weighted by molar-refractivity contribution is 8.13. The van der Waals surface area contributed by atoms with Crippen molar-refractivity contribution in [3.8, 4) is 0 Å². The Morgan fingerprint density at radius 2 is 1.61 bits per heavy atom. The van der Waals surface area contributed by atoms with Crippen LogP contribution in [0.25, 0.3) is 0 Å². The fourth-order valence-corrected chi connectivity index (χ4v) is 7.31. The minimum Gasteiger partial charge on any atom is -0.287 e. The van der Waals surface area contributed by atoms with Crippen LogP contribution in [0, 0.1) is 0 Å². The highest BCUT2D eigenvalue weighted by atomic mass is 32.2. The van der Waals surface area contributed by atoms with Gasteiger partial charge in [-0.1, -0.05) is 85.8 Å². The SMILES string of the molecule is CCSC(=O)CCCCC1SC[C@H]2[C@@H]1N(Cc1ccccc1)CN2Cc1ccccc1. The maximum absolute atomic E-state index is 11.8. The lowest BCUT2D eigenvalue weighted by Gasteiger charge is -2.27. The number of rotatable bonds is 10. The molecule has 0 bridgehead atoms. The zero-order valence-electron chi connectivity index (χ0n) is 18.5. The maximum Gasteiger partial charge on any atom is 0.188 e. The van der Waals surface area contributed by atoms with Crippen LogP contribution in [0.2, 0.25) is 0 Å². The van der Waals surface area contributed by atoms with E-state index in [1.165, 1.54) is 35.1 Å². The third-order valence-corrected chi connectivity index (χ3v) is 8.68. The Morgan fingerprint density at radius 3 is 2.26 bits per heavy atom. The molecule has 4 rings (SSSR count). The van der Waals surface area contributed by atoms with Gasteiger partial charge in [-0.3, -0.25) is 14.6 Å². The van der Waals surface area contributed by atoms with Crippen molar-refractivity contribution in [3.63, 3.8) is 0 Å². The van der Waals surface area contributed by atoms with Gasteiger partial charge >= 0.3 is 0 Å². The first kappa shape index (κ1) is 22.9. The summed E-state index contributed by atoms with van der Waals surface area (Å²) in [6.07, 6.45) is 4.15. The molecule has 2 aliphatic rings. The van der Waals surface area contributed by atoms with Gasteiger partial charge in [-0.15, -0.1) is 0 Å². The third-order valence-electron chi connectivity index (χ3n) is 6.39. The van der Waals surface area contributed by atoms with Gasteiger partial charge in [0.1, 0.15) is 0 Å². The van der Waals surface area contributed by atoms with Crippen LogP contribution in [0.1, 0.15) is 43.7 Å². The summed E-state index contributed by atoms with van der Waals surface area (Å²) in [5, 5.41) is 1.03. The lowest BCUT2D eigenvalue weighted by Crippen LogP contribution is -2.40. The second kappa shape index (κ2) is 11.6. The molecule has 3 nitrogen and oxygen atoms in total. The van der Waals surface area contributed by atoms with E-state index >= 15 is 0 Å². The van der Waals surface area contributed by atoms with Crippen LogP contribution in [0.4, 0.5) is 0 Å². The molecule has 0 amide bonds. The molecule has 1 unspecified atom stereocenters. The summed E-state index contributed by atoms with van der Waals surface area (Å²) >= 11 is 3.63. The van der Waals surface area contributed by atoms with Gasteiger partial charge in [-0.05, 0) is 29.7 Å². The number of hydrogen-bond donors (Lipinski definition) is 0. The second-order valence-corrected chi connectivity index (χ2v) is 11.2. The number of carbonyl (C=O) groups is 1. The molecule has 2 aromatic rings. The average molecular weight is 455 g/mol. The first-order valence-corrected chi connectivity index (χ1v) is 13.6. The summed E-state index contributed by atoms with van der Waals surface area (Å²) in [5.41, 5.74) is 2.81. The molecule has 2 aliphatic heterocycles. The summed E-state index contributed by atoms with van der Waals surface area (Å²) in [5.74, 6) is 2.12. The molecular weight excluding hydrogens is 420 g/mol. The fraction of sp³-hybridized carbons (Fsp3) is 0.500. The largest absolute Gasteiger partial charge is 0.287 e. The second-order valence-electron chi connectivity index (χ2n) is 8.59. The van der Waals surface area contributed by atoms with Crippen LogP contribution < -0.4 is 0 Å². The number of unbranched alkanes of at least 4 members (excludes halogenated alkanes) is 1. The Labute approximate surface area is 196 Å². The van der Waals surface area contributed by atoms with Crippen molar-refractivity contribution in [3.05, 3.63) is 71.8 Å². The van der Waals surface area contributed by atoms with E-state index in [1.807, 2.05) is 0 Å². The molecule has 31 heavy (non-hydrogen) atoms. The molecule has 5 heteroatoms. The van der Waals surface area contributed by atoms with Crippen molar-refractivity contribution in [2.45, 2.75) is 63.0 Å². The zero-order valence-corrected chi connectivity index (χ0v) is 20.1. The van der Waals surface area contributed by atoms with Crippen LogP contribution in [0.3, 0.4) is 0 Å². The van der Waals surface area contributed by atoms with Crippen LogP contribution >= 0.6 is 23.5 Å². The van der Waals surface area contributed by atoms with Gasteiger partial charge in [0.15, 0.2) is 5.12 Å². The topological polar surface area (TPSA) is 23.6 Å². The normalized spacial score (nSPS) is 23.8. The summed E-state index contributed by atoms with van der Waals surface area (Å²) in [4.78, 5) is 17.2. The highest BCUT2D eigenvalue weighted by Crippen LogP contribution is 2.41. The van der Waals surface area contributed by atoms with Crippen molar-refractivity contribution in [1.29, 1.82) is 0 Å². The number of nitrogens with zero attached hydrogens (tertiary/aromatic N) is 2. The fourth-order valence-electron chi connectivity index (χ4n) is 4.96. The Morgan fingerprint density at radius 1 is 0.968 bits per heavy atom. The molecule has 0 saturated carbocycles. The molecule has 0 aliphatic carbocycles. The standard InChI is InChI=1S/C26H34N2OS2/c1-2-30-25(29)16-10-9-15-24-26-23(19-31-24)27(17-21-11-5-3-6-12-21)20-28(26)18-22-13-7-4-8-14-22/h3-8,11-14,23-24,26H,2,9-10,15-20H2,1H3/t23-,24?,26-/m0/s1. The van der Waals surface area contributed by atoms with Gasteiger partial charge in [0.05, 0.1) is 6.67 Å². The molecule has 166 valence electrons. The predicted octanol–water partition coefficient (Wildman–Crippen LogP) is 5.65. The molecule has 0 aromatic heterocycles. The summed E-state index contributed by atoms with van der Waals surface area (Å²) in [6, 6.07) is 23.0. The molecule has 0 N–H and O–H groups in total. The minimum atomic E-state index is 0.361. The van der Waals surface area contributed by atoms with E-state index in [-0.39, 0.29) is 0 Å². The predicted molar refractivity (Wildman–Crippen MR) is 134 cm³/mol. The Hall–Kier alpha value is -1.27. The Kier molecular flexibility index (Phi) is 8.54. The van der Waals surface area contributed by atoms with Crippen LogP contribution in [0.5, 0.6) is 0 Å². The summed E-state index contributed by atoms with van der Waals surface area (Å²) < 4.78 is 0. The summed E-state index contributed by atoms with van der Waals surface area (Å²) in [7, 11) is 0. The molecule has 2 fully saturated rings. The van der Waals surface area contributed by atoms with E-state index in [4.69, 9.17) is 0 Å². The van der Waals surface area contributed by atoms with E-state index in [9.17, 15) is 4.79 Å². The van der Waals surface area contributed by atoms with Crippen molar-refractivity contribution >= 4 is 28.6 Å². The lowest BCUT2D eigenvalue weighted by atomic mass is 10.0. The van der Waals surface area contributed by atoms with Gasteiger partial charge < -0.3 is 0 Å². The van der Waals surface area contributed by atoms with Crippen LogP contribution in [-0.4, -0.2) is 50.4 Å². The van der Waals surface area contributed by atoms with E-state index in [2.05, 4.69) is 89.1 Å². The van der Waals surface area contributed by atoms with Gasteiger partial charge in [-0.25, -0.2) is 0 Å². The quantitative estimate of drug-likeness (QED) is 0.432. The van der Waals surface area contributed by atoms with Crippen molar-refractivity contribution < 1.29 is 4.79 Å². The highest BCUT2D eigenvalue weighted by Gasteiger charge is 2.48. The monoisotopic (exact) mass is 454 g/mol. The van der Waals surface area contributed by atoms with Crippen molar-refractivity contribution in [2.24, 2.45) is 0 Å². The van der Waals surface area contributed by atoms with E-state index in [0.29, 0.717) is 22.4 Å². The van der Waals surface area contributed by atoms with Gasteiger partial charge in [0, 0.05) is 42.6 Å². The third kappa shape index (κ3) is 6.16. The number of hydrogen-bond acceptors (Lipinski definition) is 5. The number of fused-ring (bicyclic) bond motifs is 1. The van der Waals surface area contributed by atoms with Gasteiger partial charge in [0.2, 0.25) is 0 Å². The van der Waals surface area contributed by atoms with Crippen molar-refractivity contribution in [2.75, 3.05) is 18.2 Å². The first-order chi connectivity index (χ1) is 15.2. The van der Waals surface area contributed by atoms with E-state index < -0.39 is 0 Å². The van der Waals surface area contributed by atoms with E-state index in [0.717, 1.165) is 44.8 Å². The van der Waals surface area contributed by atoms with Crippen molar-refractivity contribution in [1.82, 2.24) is 9.80 Å². The molecule has 2 heterocycles. The number of thioether (sulfide) groups is 2. The Balaban J connectivity index is 1.40. The Bertz CT molecular complexity index is 817. The molecule has 0 radical (unpaired) electrons. The molecule has 3 atom stereocenters. The average Bonchev–Trinajstić information content (AvgIpc) is 3.35. The number of benzene rings is 2. The lowest BCUT2D eigenvalue weighted by molar-refractivity contribution is -0.111. The van der Waals surface area contributed by atoms with Gasteiger partial charge in [-0.2, -0.15) is 11.8 Å². The first-order valence-electron chi connectivity index (χ1n) is 11.6. The molecule has 2 aromatic carbocycles. The molecular formula is C26H34N2OS2. The summed E-state index contributed by atoms with van der Waals surface area (Å²) in [6.45, 7) is 5.15.